The minimum atomic E-state index is -0.440. The second-order valence-electron chi connectivity index (χ2n) is 4.04. The Morgan fingerprint density at radius 2 is 1.89 bits per heavy atom. The highest BCUT2D eigenvalue weighted by Gasteiger charge is 2.16. The third-order valence-electron chi connectivity index (χ3n) is 2.78. The van der Waals surface area contributed by atoms with Gasteiger partial charge in [-0.05, 0) is 19.0 Å². The van der Waals surface area contributed by atoms with E-state index in [9.17, 15) is 10.1 Å². The number of anilines is 1. The molecule has 0 aromatic heterocycles. The van der Waals surface area contributed by atoms with Crippen LogP contribution in [-0.4, -0.2) is 48.0 Å². The molecule has 7 heteroatoms. The van der Waals surface area contributed by atoms with Crippen LogP contribution in [0.3, 0.4) is 0 Å². The molecular weight excluding hydrogens is 250 g/mol. The summed E-state index contributed by atoms with van der Waals surface area (Å²) < 4.78 is 0. The van der Waals surface area contributed by atoms with Gasteiger partial charge in [-0.25, -0.2) is 0 Å². The third-order valence-corrected chi connectivity index (χ3v) is 2.78. The van der Waals surface area contributed by atoms with Gasteiger partial charge in [-0.3, -0.25) is 10.1 Å². The zero-order valence-corrected chi connectivity index (χ0v) is 10.7. The van der Waals surface area contributed by atoms with Crippen molar-refractivity contribution >= 4 is 11.4 Å². The van der Waals surface area contributed by atoms with Crippen molar-refractivity contribution < 1.29 is 15.1 Å². The van der Waals surface area contributed by atoms with Gasteiger partial charge >= 0.3 is 0 Å². The van der Waals surface area contributed by atoms with Crippen LogP contribution in [0.25, 0.3) is 0 Å². The van der Waals surface area contributed by atoms with Crippen LogP contribution in [0.4, 0.5) is 11.4 Å². The van der Waals surface area contributed by atoms with Crippen molar-refractivity contribution in [3.63, 3.8) is 0 Å². The van der Waals surface area contributed by atoms with Crippen LogP contribution in [0.2, 0.25) is 0 Å². The van der Waals surface area contributed by atoms with Gasteiger partial charge in [0.25, 0.3) is 5.69 Å². The Kier molecular flexibility index (Phi) is 6.20. The van der Waals surface area contributed by atoms with E-state index in [1.54, 1.807) is 17.0 Å². The number of hydrogen-bond acceptors (Lipinski definition) is 6. The van der Waals surface area contributed by atoms with Crippen molar-refractivity contribution in [1.29, 1.82) is 0 Å². The molecular formula is C12H19N3O4. The second kappa shape index (κ2) is 7.67. The molecule has 0 atom stereocenters. The average molecular weight is 269 g/mol. The molecule has 0 aliphatic rings. The van der Waals surface area contributed by atoms with Crippen LogP contribution >= 0.6 is 0 Å². The van der Waals surface area contributed by atoms with Crippen LogP contribution in [0.1, 0.15) is 5.56 Å². The molecule has 1 aromatic carbocycles. The normalized spacial score (nSPS) is 10.5. The Morgan fingerprint density at radius 1 is 1.26 bits per heavy atom. The Hall–Kier alpha value is -1.70. The standard InChI is InChI=1S/C12H19N3O4/c13-4-3-10-1-2-11(9-12(10)15(18)19)14(5-7-16)6-8-17/h1-2,9,16-17H,3-8,13H2. The fourth-order valence-electron chi connectivity index (χ4n) is 1.90. The topological polar surface area (TPSA) is 113 Å². The van der Waals surface area contributed by atoms with Crippen molar-refractivity contribution in [2.75, 3.05) is 37.7 Å². The lowest BCUT2D eigenvalue weighted by molar-refractivity contribution is -0.385. The van der Waals surface area contributed by atoms with E-state index in [-0.39, 0.29) is 18.9 Å². The molecule has 0 spiro atoms. The SMILES string of the molecule is NCCc1ccc(N(CCO)CCO)cc1[N+](=O)[O-]. The highest BCUT2D eigenvalue weighted by molar-refractivity contribution is 5.57. The number of nitrogens with zero attached hydrogens (tertiary/aromatic N) is 2. The molecule has 0 saturated carbocycles. The lowest BCUT2D eigenvalue weighted by Gasteiger charge is -2.23. The average Bonchev–Trinajstić information content (AvgIpc) is 2.39. The Morgan fingerprint density at radius 3 is 2.37 bits per heavy atom. The molecule has 106 valence electrons. The zero-order valence-electron chi connectivity index (χ0n) is 10.7. The van der Waals surface area contributed by atoms with E-state index < -0.39 is 4.92 Å². The number of hydrogen-bond donors (Lipinski definition) is 3. The number of nitrogens with two attached hydrogens (primary N) is 1. The molecule has 1 aromatic rings. The van der Waals surface area contributed by atoms with Gasteiger partial charge in [-0.2, -0.15) is 0 Å². The van der Waals surface area contributed by atoms with Crippen molar-refractivity contribution in [1.82, 2.24) is 0 Å². The van der Waals surface area contributed by atoms with E-state index in [1.807, 2.05) is 0 Å². The number of nitro benzene ring substituents is 1. The first-order valence-electron chi connectivity index (χ1n) is 6.08. The molecule has 0 fully saturated rings. The Balaban J connectivity index is 3.07. The minimum Gasteiger partial charge on any atom is -0.395 e. The van der Waals surface area contributed by atoms with Gasteiger partial charge < -0.3 is 20.8 Å². The summed E-state index contributed by atoms with van der Waals surface area (Å²) in [5.74, 6) is 0. The van der Waals surface area contributed by atoms with Gasteiger partial charge in [-0.1, -0.05) is 6.07 Å². The lowest BCUT2D eigenvalue weighted by atomic mass is 10.1. The molecule has 19 heavy (non-hydrogen) atoms. The summed E-state index contributed by atoms with van der Waals surface area (Å²) in [6.45, 7) is 0.801. The predicted molar refractivity (Wildman–Crippen MR) is 72.2 cm³/mol. The summed E-state index contributed by atoms with van der Waals surface area (Å²) in [5.41, 5.74) is 6.64. The molecule has 0 aliphatic carbocycles. The maximum atomic E-state index is 11.0. The largest absolute Gasteiger partial charge is 0.395 e. The van der Waals surface area contributed by atoms with E-state index in [0.717, 1.165) is 0 Å². The van der Waals surface area contributed by atoms with Crippen molar-refractivity contribution in [3.8, 4) is 0 Å². The highest BCUT2D eigenvalue weighted by Crippen LogP contribution is 2.25. The van der Waals surface area contributed by atoms with Gasteiger partial charge in [0.2, 0.25) is 0 Å². The van der Waals surface area contributed by atoms with Crippen molar-refractivity contribution in [2.24, 2.45) is 5.73 Å². The molecule has 0 unspecified atom stereocenters. The highest BCUT2D eigenvalue weighted by atomic mass is 16.6. The van der Waals surface area contributed by atoms with Crippen molar-refractivity contribution in [2.45, 2.75) is 6.42 Å². The van der Waals surface area contributed by atoms with Gasteiger partial charge in [0, 0.05) is 30.4 Å². The first-order chi connectivity index (χ1) is 9.13. The Bertz CT molecular complexity index is 419. The number of nitro groups is 1. The minimum absolute atomic E-state index is 0.0174. The first kappa shape index (κ1) is 15.4. The number of aliphatic hydroxyl groups is 2. The molecule has 0 bridgehead atoms. The summed E-state index contributed by atoms with van der Waals surface area (Å²) in [4.78, 5) is 12.3. The molecule has 0 heterocycles. The number of rotatable bonds is 8. The van der Waals surface area contributed by atoms with E-state index in [4.69, 9.17) is 15.9 Å². The summed E-state index contributed by atoms with van der Waals surface area (Å²) >= 11 is 0. The molecule has 0 saturated heterocycles. The second-order valence-corrected chi connectivity index (χ2v) is 4.04. The number of aliphatic hydroxyl groups excluding tert-OH is 2. The summed E-state index contributed by atoms with van der Waals surface area (Å²) in [6.07, 6.45) is 0.441. The predicted octanol–water partition coefficient (Wildman–Crippen LogP) is -0.113. The van der Waals surface area contributed by atoms with Gasteiger partial charge in [0.1, 0.15) is 0 Å². The third kappa shape index (κ3) is 4.16. The first-order valence-corrected chi connectivity index (χ1v) is 6.08. The van der Waals surface area contributed by atoms with Gasteiger partial charge in [-0.15, -0.1) is 0 Å². The van der Waals surface area contributed by atoms with E-state index in [0.29, 0.717) is 37.3 Å². The quantitative estimate of drug-likeness (QED) is 0.448. The van der Waals surface area contributed by atoms with E-state index in [1.165, 1.54) is 6.07 Å². The van der Waals surface area contributed by atoms with E-state index in [2.05, 4.69) is 0 Å². The van der Waals surface area contributed by atoms with Gasteiger partial charge in [0.15, 0.2) is 0 Å². The van der Waals surface area contributed by atoms with Crippen LogP contribution in [0, 0.1) is 10.1 Å². The summed E-state index contributed by atoms with van der Waals surface area (Å²) in [7, 11) is 0. The zero-order chi connectivity index (χ0) is 14.3. The molecule has 7 nitrogen and oxygen atoms in total. The maximum Gasteiger partial charge on any atom is 0.274 e. The molecule has 0 radical (unpaired) electrons. The monoisotopic (exact) mass is 269 g/mol. The molecule has 0 aliphatic heterocycles. The number of benzene rings is 1. The van der Waals surface area contributed by atoms with E-state index >= 15 is 0 Å². The summed E-state index contributed by atoms with van der Waals surface area (Å²) in [5, 5.41) is 29.0. The maximum absolute atomic E-state index is 11.0. The molecule has 1 rings (SSSR count). The van der Waals surface area contributed by atoms with Crippen LogP contribution in [-0.2, 0) is 6.42 Å². The Labute approximate surface area is 111 Å². The molecule has 4 N–H and O–H groups in total. The van der Waals surface area contributed by atoms with Crippen molar-refractivity contribution in [3.05, 3.63) is 33.9 Å². The van der Waals surface area contributed by atoms with Crippen LogP contribution < -0.4 is 10.6 Å². The fourth-order valence-corrected chi connectivity index (χ4v) is 1.90. The van der Waals surface area contributed by atoms with Crippen LogP contribution in [0.15, 0.2) is 18.2 Å². The smallest absolute Gasteiger partial charge is 0.274 e. The summed E-state index contributed by atoms with van der Waals surface area (Å²) in [6, 6.07) is 4.86. The fraction of sp³-hybridized carbons (Fsp3) is 0.500. The molecule has 0 amide bonds. The van der Waals surface area contributed by atoms with Gasteiger partial charge in [0.05, 0.1) is 18.1 Å². The van der Waals surface area contributed by atoms with Crippen LogP contribution in [0.5, 0.6) is 0 Å². The lowest BCUT2D eigenvalue weighted by Crippen LogP contribution is -2.29.